The molecule has 1 amide bonds. The molecule has 2 heterocycles. The molecular formula is C20H20ClFN4O. The van der Waals surface area contributed by atoms with Crippen molar-refractivity contribution in [1.29, 1.82) is 0 Å². The quantitative estimate of drug-likeness (QED) is 0.725. The topological polar surface area (TPSA) is 61.0 Å². The van der Waals surface area contributed by atoms with E-state index in [0.29, 0.717) is 29.9 Å². The van der Waals surface area contributed by atoms with E-state index in [4.69, 9.17) is 0 Å². The third-order valence-electron chi connectivity index (χ3n) is 4.65. The van der Waals surface area contributed by atoms with Gasteiger partial charge in [-0.1, -0.05) is 42.5 Å². The van der Waals surface area contributed by atoms with Crippen LogP contribution in [0.4, 0.5) is 4.39 Å². The average Bonchev–Trinajstić information content (AvgIpc) is 3.18. The van der Waals surface area contributed by atoms with Crippen LogP contribution in [0, 0.1) is 5.82 Å². The van der Waals surface area contributed by atoms with Crippen molar-refractivity contribution in [2.75, 3.05) is 19.6 Å². The zero-order chi connectivity index (χ0) is 17.9. The van der Waals surface area contributed by atoms with Crippen molar-refractivity contribution in [3.63, 3.8) is 0 Å². The predicted octanol–water partition coefficient (Wildman–Crippen LogP) is 3.42. The first kappa shape index (κ1) is 19.1. The molecule has 1 saturated heterocycles. The standard InChI is InChI=1S/C20H19FN4O.ClH/c21-16-8-4-7-15(11-16)19-17(12-23-24-19)20(26)25-10-9-22-18(13-25)14-5-2-1-3-6-14;/h1-8,11-12,18,22H,9-10,13H2,(H,23,24);1H. The summed E-state index contributed by atoms with van der Waals surface area (Å²) in [6.07, 6.45) is 1.52. The molecule has 4 rings (SSSR count). The Bertz CT molecular complexity index is 915. The molecule has 1 fully saturated rings. The molecule has 0 aliphatic carbocycles. The number of hydrogen-bond acceptors (Lipinski definition) is 3. The molecule has 5 nitrogen and oxygen atoms in total. The number of benzene rings is 2. The molecule has 1 unspecified atom stereocenters. The van der Waals surface area contributed by atoms with Gasteiger partial charge in [0.1, 0.15) is 5.82 Å². The van der Waals surface area contributed by atoms with Gasteiger partial charge in [-0.25, -0.2) is 4.39 Å². The molecule has 3 aromatic rings. The molecule has 27 heavy (non-hydrogen) atoms. The number of aromatic amines is 1. The second-order valence-electron chi connectivity index (χ2n) is 6.34. The van der Waals surface area contributed by atoms with Gasteiger partial charge in [-0.2, -0.15) is 5.10 Å². The van der Waals surface area contributed by atoms with Crippen molar-refractivity contribution in [3.05, 3.63) is 77.7 Å². The Kier molecular flexibility index (Phi) is 5.88. The van der Waals surface area contributed by atoms with E-state index in [2.05, 4.69) is 27.6 Å². The second kappa shape index (κ2) is 8.33. The number of piperazine rings is 1. The molecule has 7 heteroatoms. The van der Waals surface area contributed by atoms with Crippen molar-refractivity contribution in [2.24, 2.45) is 0 Å². The lowest BCUT2D eigenvalue weighted by molar-refractivity contribution is 0.0704. The summed E-state index contributed by atoms with van der Waals surface area (Å²) in [6.45, 7) is 1.92. The van der Waals surface area contributed by atoms with E-state index in [1.54, 1.807) is 12.1 Å². The van der Waals surface area contributed by atoms with Gasteiger partial charge in [0, 0.05) is 31.2 Å². The van der Waals surface area contributed by atoms with Crippen molar-refractivity contribution in [1.82, 2.24) is 20.4 Å². The minimum absolute atomic E-state index is 0. The normalized spacial score (nSPS) is 16.6. The van der Waals surface area contributed by atoms with Gasteiger partial charge in [0.05, 0.1) is 17.5 Å². The molecule has 0 saturated carbocycles. The zero-order valence-electron chi connectivity index (χ0n) is 14.6. The maximum absolute atomic E-state index is 13.5. The van der Waals surface area contributed by atoms with Gasteiger partial charge in [0.2, 0.25) is 0 Å². The minimum atomic E-state index is -0.346. The first-order valence-corrected chi connectivity index (χ1v) is 8.59. The van der Waals surface area contributed by atoms with Crippen LogP contribution in [0.5, 0.6) is 0 Å². The highest BCUT2D eigenvalue weighted by Gasteiger charge is 2.27. The highest BCUT2D eigenvalue weighted by molar-refractivity contribution is 5.99. The molecule has 0 bridgehead atoms. The second-order valence-corrected chi connectivity index (χ2v) is 6.34. The monoisotopic (exact) mass is 386 g/mol. The molecule has 2 aromatic carbocycles. The molecule has 1 aliphatic rings. The Balaban J connectivity index is 0.00000210. The van der Waals surface area contributed by atoms with E-state index in [1.807, 2.05) is 23.1 Å². The third kappa shape index (κ3) is 4.02. The Morgan fingerprint density at radius 3 is 2.74 bits per heavy atom. The summed E-state index contributed by atoms with van der Waals surface area (Å²) in [4.78, 5) is 14.9. The summed E-state index contributed by atoms with van der Waals surface area (Å²) in [7, 11) is 0. The van der Waals surface area contributed by atoms with Crippen molar-refractivity contribution in [3.8, 4) is 11.3 Å². The van der Waals surface area contributed by atoms with Crippen LogP contribution in [0.2, 0.25) is 0 Å². The van der Waals surface area contributed by atoms with Gasteiger partial charge < -0.3 is 10.2 Å². The molecule has 0 spiro atoms. The summed E-state index contributed by atoms with van der Waals surface area (Å²) < 4.78 is 13.5. The summed E-state index contributed by atoms with van der Waals surface area (Å²) in [5, 5.41) is 10.3. The molecule has 140 valence electrons. The smallest absolute Gasteiger partial charge is 0.257 e. The number of hydrogen-bond donors (Lipinski definition) is 2. The fourth-order valence-corrected chi connectivity index (χ4v) is 3.33. The van der Waals surface area contributed by atoms with Gasteiger partial charge >= 0.3 is 0 Å². The molecule has 1 atom stereocenters. The van der Waals surface area contributed by atoms with E-state index < -0.39 is 0 Å². The van der Waals surface area contributed by atoms with Crippen molar-refractivity contribution < 1.29 is 9.18 Å². The highest BCUT2D eigenvalue weighted by atomic mass is 35.5. The number of nitrogens with zero attached hydrogens (tertiary/aromatic N) is 2. The van der Waals surface area contributed by atoms with Crippen LogP contribution in [0.15, 0.2) is 60.8 Å². The molecule has 0 radical (unpaired) electrons. The van der Waals surface area contributed by atoms with Crippen LogP contribution in [-0.4, -0.2) is 40.6 Å². The molecule has 1 aliphatic heterocycles. The van der Waals surface area contributed by atoms with E-state index in [1.165, 1.54) is 18.3 Å². The van der Waals surface area contributed by atoms with Crippen LogP contribution in [0.25, 0.3) is 11.3 Å². The number of amides is 1. The number of aromatic nitrogens is 2. The lowest BCUT2D eigenvalue weighted by Gasteiger charge is -2.34. The van der Waals surface area contributed by atoms with Crippen LogP contribution in [0.1, 0.15) is 22.0 Å². The van der Waals surface area contributed by atoms with Gasteiger partial charge in [-0.05, 0) is 17.7 Å². The molecular weight excluding hydrogens is 367 g/mol. The van der Waals surface area contributed by atoms with Gasteiger partial charge in [-0.3, -0.25) is 9.89 Å². The Morgan fingerprint density at radius 2 is 1.96 bits per heavy atom. The first-order valence-electron chi connectivity index (χ1n) is 8.59. The van der Waals surface area contributed by atoms with Crippen LogP contribution in [0.3, 0.4) is 0 Å². The maximum atomic E-state index is 13.5. The average molecular weight is 387 g/mol. The van der Waals surface area contributed by atoms with E-state index >= 15 is 0 Å². The predicted molar refractivity (Wildman–Crippen MR) is 104 cm³/mol. The largest absolute Gasteiger partial charge is 0.335 e. The zero-order valence-corrected chi connectivity index (χ0v) is 15.4. The van der Waals surface area contributed by atoms with E-state index in [-0.39, 0.29) is 30.2 Å². The fourth-order valence-electron chi connectivity index (χ4n) is 3.33. The molecule has 1 aromatic heterocycles. The van der Waals surface area contributed by atoms with Gasteiger partial charge in [-0.15, -0.1) is 12.4 Å². The Morgan fingerprint density at radius 1 is 1.15 bits per heavy atom. The van der Waals surface area contributed by atoms with Crippen LogP contribution >= 0.6 is 12.4 Å². The van der Waals surface area contributed by atoms with Gasteiger partial charge in [0.15, 0.2) is 0 Å². The molecule has 2 N–H and O–H groups in total. The summed E-state index contributed by atoms with van der Waals surface area (Å²) in [5.74, 6) is -0.442. The Labute approximate surface area is 163 Å². The number of carbonyl (C=O) groups is 1. The SMILES string of the molecule is Cl.O=C(c1cn[nH]c1-c1cccc(F)c1)N1CCNC(c2ccccc2)C1. The lowest BCUT2D eigenvalue weighted by Crippen LogP contribution is -2.48. The number of rotatable bonds is 3. The summed E-state index contributed by atoms with van der Waals surface area (Å²) in [5.41, 5.74) is 2.77. The number of H-pyrrole nitrogens is 1. The van der Waals surface area contributed by atoms with Gasteiger partial charge in [0.25, 0.3) is 5.91 Å². The third-order valence-corrected chi connectivity index (χ3v) is 4.65. The number of nitrogens with one attached hydrogen (secondary N) is 2. The van der Waals surface area contributed by atoms with Crippen LogP contribution in [-0.2, 0) is 0 Å². The fraction of sp³-hybridized carbons (Fsp3) is 0.200. The van der Waals surface area contributed by atoms with E-state index in [0.717, 1.165) is 12.1 Å². The summed E-state index contributed by atoms with van der Waals surface area (Å²) in [6, 6.07) is 16.3. The van der Waals surface area contributed by atoms with E-state index in [9.17, 15) is 9.18 Å². The number of carbonyl (C=O) groups excluding carboxylic acids is 1. The van der Waals surface area contributed by atoms with Crippen molar-refractivity contribution >= 4 is 18.3 Å². The van der Waals surface area contributed by atoms with Crippen LogP contribution < -0.4 is 5.32 Å². The highest BCUT2D eigenvalue weighted by Crippen LogP contribution is 2.25. The van der Waals surface area contributed by atoms with Crippen molar-refractivity contribution in [2.45, 2.75) is 6.04 Å². The summed E-state index contributed by atoms with van der Waals surface area (Å²) >= 11 is 0. The number of halogens is 2. The maximum Gasteiger partial charge on any atom is 0.257 e. The lowest BCUT2D eigenvalue weighted by atomic mass is 10.0. The Hall–Kier alpha value is -2.70. The minimum Gasteiger partial charge on any atom is -0.335 e. The first-order chi connectivity index (χ1) is 12.7.